The van der Waals surface area contributed by atoms with Crippen molar-refractivity contribution in [3.63, 3.8) is 0 Å². The van der Waals surface area contributed by atoms with E-state index < -0.39 is 17.7 Å². The first-order valence-electron chi connectivity index (χ1n) is 6.47. The first kappa shape index (κ1) is 15.3. The molecule has 3 nitrogen and oxygen atoms in total. The van der Waals surface area contributed by atoms with Crippen molar-refractivity contribution in [1.82, 2.24) is 0 Å². The van der Waals surface area contributed by atoms with Gasteiger partial charge in [0.25, 0.3) is 0 Å². The fourth-order valence-electron chi connectivity index (χ4n) is 2.14. The Balaban J connectivity index is 2.24. The summed E-state index contributed by atoms with van der Waals surface area (Å²) in [6.07, 6.45) is 0.194. The van der Waals surface area contributed by atoms with Crippen LogP contribution in [0.15, 0.2) is 36.4 Å². The normalized spacial score (nSPS) is 12.0. The molecule has 0 heterocycles. The minimum absolute atomic E-state index is 0.194. The van der Waals surface area contributed by atoms with Gasteiger partial charge in [0.05, 0.1) is 14.2 Å². The number of benzene rings is 2. The molecule has 0 aromatic heterocycles. The zero-order chi connectivity index (χ0) is 15.4. The standard InChI is InChI=1S/C16H17F2NO2/c1-20-14-7-6-10(9-15(14)21-2)13(19)8-11-4-3-5-12(17)16(11)18/h3-7,9,13H,8,19H2,1-2H3. The molecule has 21 heavy (non-hydrogen) atoms. The van der Waals surface area contributed by atoms with Crippen molar-refractivity contribution in [2.24, 2.45) is 5.73 Å². The molecular weight excluding hydrogens is 276 g/mol. The highest BCUT2D eigenvalue weighted by Gasteiger charge is 2.15. The molecule has 2 N–H and O–H groups in total. The van der Waals surface area contributed by atoms with Crippen LogP contribution < -0.4 is 15.2 Å². The molecule has 0 aliphatic rings. The first-order valence-corrected chi connectivity index (χ1v) is 6.47. The van der Waals surface area contributed by atoms with Crippen LogP contribution in [0.2, 0.25) is 0 Å². The van der Waals surface area contributed by atoms with E-state index in [0.717, 1.165) is 11.6 Å². The highest BCUT2D eigenvalue weighted by Crippen LogP contribution is 2.30. The minimum Gasteiger partial charge on any atom is -0.493 e. The van der Waals surface area contributed by atoms with Crippen molar-refractivity contribution in [3.05, 3.63) is 59.2 Å². The Labute approximate surface area is 122 Å². The van der Waals surface area contributed by atoms with E-state index in [2.05, 4.69) is 0 Å². The highest BCUT2D eigenvalue weighted by molar-refractivity contribution is 5.44. The second-order valence-corrected chi connectivity index (χ2v) is 4.64. The number of halogens is 2. The molecule has 1 atom stereocenters. The predicted molar refractivity (Wildman–Crippen MR) is 76.5 cm³/mol. The van der Waals surface area contributed by atoms with Crippen molar-refractivity contribution in [2.45, 2.75) is 12.5 Å². The van der Waals surface area contributed by atoms with Crippen molar-refractivity contribution in [1.29, 1.82) is 0 Å². The summed E-state index contributed by atoms with van der Waals surface area (Å²) in [5.41, 5.74) is 7.08. The van der Waals surface area contributed by atoms with E-state index in [4.69, 9.17) is 15.2 Å². The van der Waals surface area contributed by atoms with Crippen molar-refractivity contribution in [2.75, 3.05) is 14.2 Å². The summed E-state index contributed by atoms with van der Waals surface area (Å²) in [6, 6.07) is 8.86. The summed E-state index contributed by atoms with van der Waals surface area (Å²) in [5, 5.41) is 0. The van der Waals surface area contributed by atoms with Gasteiger partial charge in [0.2, 0.25) is 0 Å². The predicted octanol–water partition coefficient (Wildman–Crippen LogP) is 3.22. The van der Waals surface area contributed by atoms with Crippen LogP contribution in [0, 0.1) is 11.6 Å². The SMILES string of the molecule is COc1ccc(C(N)Cc2cccc(F)c2F)cc1OC. The third-order valence-corrected chi connectivity index (χ3v) is 3.31. The van der Waals surface area contributed by atoms with E-state index in [1.54, 1.807) is 25.3 Å². The second-order valence-electron chi connectivity index (χ2n) is 4.64. The van der Waals surface area contributed by atoms with Crippen LogP contribution in [0.1, 0.15) is 17.2 Å². The summed E-state index contributed by atoms with van der Waals surface area (Å²) < 4.78 is 37.2. The Kier molecular flexibility index (Phi) is 4.75. The van der Waals surface area contributed by atoms with E-state index in [9.17, 15) is 8.78 Å². The molecule has 0 saturated carbocycles. The lowest BCUT2D eigenvalue weighted by atomic mass is 9.99. The minimum atomic E-state index is -0.869. The summed E-state index contributed by atoms with van der Waals surface area (Å²) in [5.74, 6) is -0.587. The number of methoxy groups -OCH3 is 2. The van der Waals surface area contributed by atoms with E-state index in [-0.39, 0.29) is 12.0 Å². The molecule has 0 fully saturated rings. The number of hydrogen-bond donors (Lipinski definition) is 1. The summed E-state index contributed by atoms with van der Waals surface area (Å²) in [7, 11) is 3.07. The van der Waals surface area contributed by atoms with Gasteiger partial charge < -0.3 is 15.2 Å². The Morgan fingerprint density at radius 2 is 1.76 bits per heavy atom. The van der Waals surface area contributed by atoms with Crippen molar-refractivity contribution in [3.8, 4) is 11.5 Å². The Bertz CT molecular complexity index is 632. The van der Waals surface area contributed by atoms with Crippen molar-refractivity contribution < 1.29 is 18.3 Å². The Hall–Kier alpha value is -2.14. The van der Waals surface area contributed by atoms with Gasteiger partial charge in [0.15, 0.2) is 23.1 Å². The molecule has 2 aromatic carbocycles. The Morgan fingerprint density at radius 3 is 2.43 bits per heavy atom. The number of hydrogen-bond acceptors (Lipinski definition) is 3. The molecule has 0 bridgehead atoms. The van der Waals surface area contributed by atoms with Crippen LogP contribution in [0.25, 0.3) is 0 Å². The summed E-state index contributed by atoms with van der Waals surface area (Å²) in [6.45, 7) is 0. The lowest BCUT2D eigenvalue weighted by Gasteiger charge is -2.15. The third kappa shape index (κ3) is 3.31. The van der Waals surface area contributed by atoms with Crippen LogP contribution >= 0.6 is 0 Å². The third-order valence-electron chi connectivity index (χ3n) is 3.31. The average molecular weight is 293 g/mol. The molecule has 0 saturated heterocycles. The molecule has 1 unspecified atom stereocenters. The zero-order valence-corrected chi connectivity index (χ0v) is 11.9. The van der Waals surface area contributed by atoms with Crippen LogP contribution in [0.5, 0.6) is 11.5 Å². The maximum absolute atomic E-state index is 13.7. The molecule has 0 aliphatic heterocycles. The lowest BCUT2D eigenvalue weighted by Crippen LogP contribution is -2.14. The van der Waals surface area contributed by atoms with Gasteiger partial charge in [0, 0.05) is 6.04 Å². The summed E-state index contributed by atoms with van der Waals surface area (Å²) >= 11 is 0. The fraction of sp³-hybridized carbons (Fsp3) is 0.250. The molecule has 0 amide bonds. The number of rotatable bonds is 5. The maximum atomic E-state index is 13.7. The molecule has 112 valence electrons. The van der Waals surface area contributed by atoms with E-state index in [1.807, 2.05) is 0 Å². The van der Waals surface area contributed by atoms with Crippen LogP contribution in [-0.2, 0) is 6.42 Å². The van der Waals surface area contributed by atoms with Gasteiger partial charge in [-0.1, -0.05) is 18.2 Å². The number of nitrogens with two attached hydrogens (primary N) is 1. The molecule has 0 aliphatic carbocycles. The largest absolute Gasteiger partial charge is 0.493 e. The van der Waals surface area contributed by atoms with E-state index >= 15 is 0 Å². The van der Waals surface area contributed by atoms with Crippen LogP contribution in [-0.4, -0.2) is 14.2 Å². The highest BCUT2D eigenvalue weighted by atomic mass is 19.2. The number of ether oxygens (including phenoxy) is 2. The maximum Gasteiger partial charge on any atom is 0.162 e. The molecular formula is C16H17F2NO2. The lowest BCUT2D eigenvalue weighted by molar-refractivity contribution is 0.354. The zero-order valence-electron chi connectivity index (χ0n) is 11.9. The van der Waals surface area contributed by atoms with Gasteiger partial charge in [-0.3, -0.25) is 0 Å². The van der Waals surface area contributed by atoms with Gasteiger partial charge in [-0.05, 0) is 35.7 Å². The van der Waals surface area contributed by atoms with Gasteiger partial charge in [-0.2, -0.15) is 0 Å². The first-order chi connectivity index (χ1) is 10.1. The molecule has 5 heteroatoms. The quantitative estimate of drug-likeness (QED) is 0.920. The van der Waals surface area contributed by atoms with E-state index in [1.165, 1.54) is 19.2 Å². The average Bonchev–Trinajstić information content (AvgIpc) is 2.51. The van der Waals surface area contributed by atoms with Crippen molar-refractivity contribution >= 4 is 0 Å². The topological polar surface area (TPSA) is 44.5 Å². The molecule has 0 radical (unpaired) electrons. The van der Waals surface area contributed by atoms with Crippen LogP contribution in [0.4, 0.5) is 8.78 Å². The molecule has 2 rings (SSSR count). The van der Waals surface area contributed by atoms with Gasteiger partial charge in [0.1, 0.15) is 0 Å². The monoisotopic (exact) mass is 293 g/mol. The second kappa shape index (κ2) is 6.54. The summed E-state index contributed by atoms with van der Waals surface area (Å²) in [4.78, 5) is 0. The van der Waals surface area contributed by atoms with E-state index in [0.29, 0.717) is 11.5 Å². The smallest absolute Gasteiger partial charge is 0.162 e. The van der Waals surface area contributed by atoms with Gasteiger partial charge in [-0.25, -0.2) is 8.78 Å². The molecule has 2 aromatic rings. The van der Waals surface area contributed by atoms with Crippen LogP contribution in [0.3, 0.4) is 0 Å². The fourth-order valence-corrected chi connectivity index (χ4v) is 2.14. The van der Waals surface area contributed by atoms with Gasteiger partial charge >= 0.3 is 0 Å². The Morgan fingerprint density at radius 1 is 1.05 bits per heavy atom. The molecule has 0 spiro atoms. The van der Waals surface area contributed by atoms with Gasteiger partial charge in [-0.15, -0.1) is 0 Å².